The summed E-state index contributed by atoms with van der Waals surface area (Å²) in [5, 5.41) is 0. The van der Waals surface area contributed by atoms with E-state index in [1.807, 2.05) is 25.1 Å². The molecule has 1 saturated heterocycles. The van der Waals surface area contributed by atoms with Gasteiger partial charge < -0.3 is 9.64 Å². The summed E-state index contributed by atoms with van der Waals surface area (Å²) < 4.78 is 5.70. The fraction of sp³-hybridized carbons (Fsp3) is 0.500. The second-order valence-electron chi connectivity index (χ2n) is 5.19. The Balaban J connectivity index is 2.25. The Labute approximate surface area is 102 Å². The molecule has 1 fully saturated rings. The lowest BCUT2D eigenvalue weighted by atomic mass is 10.0. The Hall–Kier alpha value is -1.35. The van der Waals surface area contributed by atoms with E-state index in [1.165, 1.54) is 5.69 Å². The maximum absolute atomic E-state index is 10.7. The van der Waals surface area contributed by atoms with Crippen LogP contribution in [0.4, 0.5) is 5.69 Å². The first-order chi connectivity index (χ1) is 8.02. The van der Waals surface area contributed by atoms with Crippen molar-refractivity contribution in [2.45, 2.75) is 26.4 Å². The summed E-state index contributed by atoms with van der Waals surface area (Å²) in [4.78, 5) is 13.0. The van der Waals surface area contributed by atoms with E-state index in [-0.39, 0.29) is 5.60 Å². The average molecular weight is 233 g/mol. The number of nitrogens with zero attached hydrogens (tertiary/aromatic N) is 1. The summed E-state index contributed by atoms with van der Waals surface area (Å²) in [6.45, 7) is 8.80. The Morgan fingerprint density at radius 1 is 1.41 bits per heavy atom. The second kappa shape index (κ2) is 4.49. The number of ether oxygens (including phenoxy) is 1. The van der Waals surface area contributed by atoms with Crippen molar-refractivity contribution < 1.29 is 9.53 Å². The lowest BCUT2D eigenvalue weighted by molar-refractivity contribution is -0.0277. The summed E-state index contributed by atoms with van der Waals surface area (Å²) in [5.41, 5.74) is 2.98. The number of aldehydes is 1. The van der Waals surface area contributed by atoms with Gasteiger partial charge >= 0.3 is 0 Å². The minimum atomic E-state index is -0.103. The number of carbonyl (C=O) groups excluding carboxylic acids is 1. The highest BCUT2D eigenvalue weighted by molar-refractivity contribution is 5.77. The molecule has 1 aromatic carbocycles. The molecule has 0 unspecified atom stereocenters. The van der Waals surface area contributed by atoms with Crippen molar-refractivity contribution in [2.75, 3.05) is 24.6 Å². The summed E-state index contributed by atoms with van der Waals surface area (Å²) >= 11 is 0. The summed E-state index contributed by atoms with van der Waals surface area (Å²) in [7, 11) is 0. The largest absolute Gasteiger partial charge is 0.372 e. The first-order valence-corrected chi connectivity index (χ1v) is 5.96. The fourth-order valence-electron chi connectivity index (χ4n) is 2.33. The fourth-order valence-corrected chi connectivity index (χ4v) is 2.33. The molecule has 0 saturated carbocycles. The molecular weight excluding hydrogens is 214 g/mol. The molecule has 0 aliphatic carbocycles. The number of hydrogen-bond donors (Lipinski definition) is 0. The highest BCUT2D eigenvalue weighted by atomic mass is 16.5. The van der Waals surface area contributed by atoms with Gasteiger partial charge in [0.15, 0.2) is 0 Å². The topological polar surface area (TPSA) is 29.5 Å². The molecular formula is C14H19NO2. The van der Waals surface area contributed by atoms with Crippen LogP contribution in [0.5, 0.6) is 0 Å². The number of carbonyl (C=O) groups is 1. The third kappa shape index (κ3) is 2.67. The van der Waals surface area contributed by atoms with Gasteiger partial charge in [0.1, 0.15) is 6.29 Å². The van der Waals surface area contributed by atoms with Crippen molar-refractivity contribution >= 4 is 12.0 Å². The van der Waals surface area contributed by atoms with Gasteiger partial charge in [0.2, 0.25) is 0 Å². The first kappa shape index (κ1) is 12.1. The number of morpholine rings is 1. The van der Waals surface area contributed by atoms with E-state index >= 15 is 0 Å². The van der Waals surface area contributed by atoms with Crippen molar-refractivity contribution in [1.82, 2.24) is 0 Å². The third-order valence-corrected chi connectivity index (χ3v) is 3.12. The average Bonchev–Trinajstić information content (AvgIpc) is 2.27. The molecule has 92 valence electrons. The number of aryl methyl sites for hydroxylation is 1. The van der Waals surface area contributed by atoms with Crippen molar-refractivity contribution in [1.29, 1.82) is 0 Å². The predicted octanol–water partition coefficient (Wildman–Crippen LogP) is 2.42. The molecule has 0 bridgehead atoms. The van der Waals surface area contributed by atoms with Gasteiger partial charge in [-0.15, -0.1) is 0 Å². The molecule has 2 rings (SSSR count). The number of rotatable bonds is 2. The van der Waals surface area contributed by atoms with Crippen LogP contribution in [0.3, 0.4) is 0 Å². The highest BCUT2D eigenvalue weighted by Gasteiger charge is 2.27. The van der Waals surface area contributed by atoms with E-state index in [1.54, 1.807) is 0 Å². The minimum Gasteiger partial charge on any atom is -0.372 e. The maximum Gasteiger partial charge on any atom is 0.150 e. The van der Waals surface area contributed by atoms with Gasteiger partial charge in [0.25, 0.3) is 0 Å². The molecule has 17 heavy (non-hydrogen) atoms. The first-order valence-electron chi connectivity index (χ1n) is 5.96. The molecule has 0 aromatic heterocycles. The van der Waals surface area contributed by atoms with E-state index in [4.69, 9.17) is 4.74 Å². The van der Waals surface area contributed by atoms with E-state index in [0.717, 1.165) is 37.1 Å². The van der Waals surface area contributed by atoms with Gasteiger partial charge in [-0.05, 0) is 44.5 Å². The van der Waals surface area contributed by atoms with Gasteiger partial charge in [-0.2, -0.15) is 0 Å². The lowest BCUT2D eigenvalue weighted by Crippen LogP contribution is -2.48. The van der Waals surface area contributed by atoms with Gasteiger partial charge in [0, 0.05) is 24.3 Å². The standard InChI is InChI=1S/C14H19NO2/c1-11-8-12(9-16)4-5-13(11)15-6-7-17-14(2,3)10-15/h4-5,8-9H,6-7,10H2,1-3H3. The van der Waals surface area contributed by atoms with Crippen LogP contribution in [-0.2, 0) is 4.74 Å². The van der Waals surface area contributed by atoms with Gasteiger partial charge in [-0.1, -0.05) is 0 Å². The Morgan fingerprint density at radius 2 is 2.18 bits per heavy atom. The van der Waals surface area contributed by atoms with Crippen LogP contribution < -0.4 is 4.90 Å². The quantitative estimate of drug-likeness (QED) is 0.735. The maximum atomic E-state index is 10.7. The number of benzene rings is 1. The van der Waals surface area contributed by atoms with Crippen LogP contribution in [0, 0.1) is 6.92 Å². The van der Waals surface area contributed by atoms with Crippen LogP contribution >= 0.6 is 0 Å². The molecule has 0 radical (unpaired) electrons. The van der Waals surface area contributed by atoms with Crippen LogP contribution in [-0.4, -0.2) is 31.6 Å². The summed E-state index contributed by atoms with van der Waals surface area (Å²) in [5.74, 6) is 0. The summed E-state index contributed by atoms with van der Waals surface area (Å²) in [6.07, 6.45) is 0.889. The highest BCUT2D eigenvalue weighted by Crippen LogP contribution is 2.26. The predicted molar refractivity (Wildman–Crippen MR) is 68.8 cm³/mol. The lowest BCUT2D eigenvalue weighted by Gasteiger charge is -2.40. The number of anilines is 1. The van der Waals surface area contributed by atoms with Crippen molar-refractivity contribution in [3.05, 3.63) is 29.3 Å². The monoisotopic (exact) mass is 233 g/mol. The Bertz CT molecular complexity index is 426. The SMILES string of the molecule is Cc1cc(C=O)ccc1N1CCOC(C)(C)C1. The van der Waals surface area contributed by atoms with E-state index in [2.05, 4.69) is 18.7 Å². The van der Waals surface area contributed by atoms with E-state index < -0.39 is 0 Å². The normalized spacial score (nSPS) is 19.1. The van der Waals surface area contributed by atoms with Crippen molar-refractivity contribution in [3.8, 4) is 0 Å². The zero-order chi connectivity index (χ0) is 12.5. The van der Waals surface area contributed by atoms with E-state index in [0.29, 0.717) is 0 Å². The summed E-state index contributed by atoms with van der Waals surface area (Å²) in [6, 6.07) is 5.84. The molecule has 0 atom stereocenters. The van der Waals surface area contributed by atoms with Crippen LogP contribution in [0.1, 0.15) is 29.8 Å². The molecule has 3 nitrogen and oxygen atoms in total. The van der Waals surface area contributed by atoms with Gasteiger partial charge in [0.05, 0.1) is 12.2 Å². The molecule has 1 aromatic rings. The molecule has 0 spiro atoms. The molecule has 1 heterocycles. The zero-order valence-electron chi connectivity index (χ0n) is 10.7. The van der Waals surface area contributed by atoms with Crippen LogP contribution in [0.2, 0.25) is 0 Å². The molecule has 1 aliphatic rings. The van der Waals surface area contributed by atoms with Gasteiger partial charge in [-0.3, -0.25) is 4.79 Å². The zero-order valence-corrected chi connectivity index (χ0v) is 10.7. The van der Waals surface area contributed by atoms with Crippen LogP contribution in [0.15, 0.2) is 18.2 Å². The number of hydrogen-bond acceptors (Lipinski definition) is 3. The minimum absolute atomic E-state index is 0.103. The molecule has 3 heteroatoms. The van der Waals surface area contributed by atoms with Crippen LogP contribution in [0.25, 0.3) is 0 Å². The Kier molecular flexibility index (Phi) is 3.20. The van der Waals surface area contributed by atoms with Gasteiger partial charge in [-0.25, -0.2) is 0 Å². The van der Waals surface area contributed by atoms with Crippen molar-refractivity contribution in [2.24, 2.45) is 0 Å². The van der Waals surface area contributed by atoms with Crippen molar-refractivity contribution in [3.63, 3.8) is 0 Å². The Morgan fingerprint density at radius 3 is 2.76 bits per heavy atom. The second-order valence-corrected chi connectivity index (χ2v) is 5.19. The molecule has 0 amide bonds. The smallest absolute Gasteiger partial charge is 0.150 e. The molecule has 0 N–H and O–H groups in total. The van der Waals surface area contributed by atoms with E-state index in [9.17, 15) is 4.79 Å². The molecule has 1 aliphatic heterocycles. The third-order valence-electron chi connectivity index (χ3n) is 3.12.